The third-order valence-electron chi connectivity index (χ3n) is 4.29. The number of hydrogen-bond acceptors (Lipinski definition) is 5. The molecule has 1 amide bonds. The maximum absolute atomic E-state index is 11.9. The highest BCUT2D eigenvalue weighted by molar-refractivity contribution is 5.97. The van der Waals surface area contributed by atoms with Crippen molar-refractivity contribution in [2.45, 2.75) is 12.8 Å². The fourth-order valence-electron chi connectivity index (χ4n) is 3.03. The number of hydrogen-bond donors (Lipinski definition) is 0. The molecule has 0 N–H and O–H groups in total. The zero-order valence-electron chi connectivity index (χ0n) is 13.7. The lowest BCUT2D eigenvalue weighted by molar-refractivity contribution is -0.117. The summed E-state index contributed by atoms with van der Waals surface area (Å²) >= 11 is 0. The Balaban J connectivity index is 1.72. The van der Waals surface area contributed by atoms with Crippen LogP contribution in [-0.4, -0.2) is 30.5 Å². The second-order valence-corrected chi connectivity index (χ2v) is 5.89. The molecule has 6 heteroatoms. The number of carbonyl (C=O) groups is 2. The van der Waals surface area contributed by atoms with Crippen molar-refractivity contribution in [2.24, 2.45) is 0 Å². The number of fused-ring (bicyclic) bond motifs is 1. The van der Waals surface area contributed by atoms with Crippen molar-refractivity contribution < 1.29 is 18.7 Å². The van der Waals surface area contributed by atoms with Gasteiger partial charge >= 0.3 is 5.97 Å². The van der Waals surface area contributed by atoms with Gasteiger partial charge in [0.05, 0.1) is 12.7 Å². The van der Waals surface area contributed by atoms with Crippen molar-refractivity contribution in [1.29, 1.82) is 0 Å². The normalized spacial score (nSPS) is 14.3. The van der Waals surface area contributed by atoms with Gasteiger partial charge < -0.3 is 14.1 Å². The number of esters is 1. The minimum atomic E-state index is -0.409. The predicted molar refractivity (Wildman–Crippen MR) is 92.4 cm³/mol. The molecule has 0 spiro atoms. The Bertz CT molecular complexity index is 976. The van der Waals surface area contributed by atoms with Crippen LogP contribution in [0.1, 0.15) is 23.2 Å². The van der Waals surface area contributed by atoms with Gasteiger partial charge in [-0.15, -0.1) is 0 Å². The van der Waals surface area contributed by atoms with Gasteiger partial charge in [-0.25, -0.2) is 9.78 Å². The monoisotopic (exact) mass is 336 g/mol. The number of oxazole rings is 1. The minimum absolute atomic E-state index is 0.133. The van der Waals surface area contributed by atoms with Crippen molar-refractivity contribution in [2.75, 3.05) is 18.6 Å². The van der Waals surface area contributed by atoms with Crippen LogP contribution in [0.25, 0.3) is 22.6 Å². The maximum atomic E-state index is 11.9. The summed E-state index contributed by atoms with van der Waals surface area (Å²) in [5.74, 6) is 0.146. The highest BCUT2D eigenvalue weighted by atomic mass is 16.5. The second kappa shape index (κ2) is 6.05. The first-order valence-corrected chi connectivity index (χ1v) is 8.05. The van der Waals surface area contributed by atoms with Crippen molar-refractivity contribution in [3.8, 4) is 11.5 Å². The molecule has 2 aromatic carbocycles. The fourth-order valence-corrected chi connectivity index (χ4v) is 3.03. The van der Waals surface area contributed by atoms with Crippen LogP contribution in [0.15, 0.2) is 46.9 Å². The van der Waals surface area contributed by atoms with Gasteiger partial charge in [-0.1, -0.05) is 6.07 Å². The highest BCUT2D eigenvalue weighted by Gasteiger charge is 2.22. The molecule has 0 radical (unpaired) electrons. The van der Waals surface area contributed by atoms with Gasteiger partial charge in [0.25, 0.3) is 0 Å². The Morgan fingerprint density at radius 1 is 1.24 bits per heavy atom. The highest BCUT2D eigenvalue weighted by Crippen LogP contribution is 2.29. The molecule has 25 heavy (non-hydrogen) atoms. The van der Waals surface area contributed by atoms with Crippen LogP contribution in [0, 0.1) is 0 Å². The lowest BCUT2D eigenvalue weighted by Gasteiger charge is -2.14. The zero-order chi connectivity index (χ0) is 17.4. The molecule has 1 aliphatic heterocycles. The quantitative estimate of drug-likeness (QED) is 0.685. The molecule has 1 saturated heterocycles. The molecule has 0 unspecified atom stereocenters. The summed E-state index contributed by atoms with van der Waals surface area (Å²) in [5, 5.41) is 0. The fraction of sp³-hybridized carbons (Fsp3) is 0.211. The molecule has 1 fully saturated rings. The number of benzene rings is 2. The van der Waals surface area contributed by atoms with E-state index in [9.17, 15) is 9.59 Å². The zero-order valence-corrected chi connectivity index (χ0v) is 13.7. The molecule has 0 aliphatic carbocycles. The van der Waals surface area contributed by atoms with Gasteiger partial charge in [0.1, 0.15) is 5.52 Å². The molecule has 0 bridgehead atoms. The van der Waals surface area contributed by atoms with Gasteiger partial charge in [0, 0.05) is 24.2 Å². The van der Waals surface area contributed by atoms with Crippen LogP contribution in [-0.2, 0) is 9.53 Å². The van der Waals surface area contributed by atoms with E-state index in [4.69, 9.17) is 9.15 Å². The third-order valence-corrected chi connectivity index (χ3v) is 4.29. The van der Waals surface area contributed by atoms with E-state index in [2.05, 4.69) is 4.98 Å². The largest absolute Gasteiger partial charge is 0.465 e. The molecule has 2 heterocycles. The first-order valence-electron chi connectivity index (χ1n) is 8.05. The molecule has 126 valence electrons. The first kappa shape index (κ1) is 15.4. The van der Waals surface area contributed by atoms with Crippen LogP contribution in [0.2, 0.25) is 0 Å². The number of methoxy groups -OCH3 is 1. The Morgan fingerprint density at radius 2 is 2.12 bits per heavy atom. The van der Waals surface area contributed by atoms with Crippen LogP contribution in [0.5, 0.6) is 0 Å². The number of rotatable bonds is 3. The summed E-state index contributed by atoms with van der Waals surface area (Å²) in [6.45, 7) is 0.732. The number of nitrogens with zero attached hydrogens (tertiary/aromatic N) is 2. The Labute approximate surface area is 144 Å². The summed E-state index contributed by atoms with van der Waals surface area (Å²) in [6, 6.07) is 12.5. The van der Waals surface area contributed by atoms with E-state index in [-0.39, 0.29) is 5.91 Å². The van der Waals surface area contributed by atoms with Crippen LogP contribution >= 0.6 is 0 Å². The predicted octanol–water partition coefficient (Wildman–Crippen LogP) is 3.41. The van der Waals surface area contributed by atoms with E-state index in [0.29, 0.717) is 34.5 Å². The van der Waals surface area contributed by atoms with Gasteiger partial charge in [-0.05, 0) is 42.8 Å². The molecule has 1 aliphatic rings. The summed E-state index contributed by atoms with van der Waals surface area (Å²) in [4.78, 5) is 29.9. The molecule has 1 aromatic heterocycles. The van der Waals surface area contributed by atoms with Crippen LogP contribution < -0.4 is 4.90 Å². The molecule has 0 saturated carbocycles. The average Bonchev–Trinajstić information content (AvgIpc) is 3.26. The Morgan fingerprint density at radius 3 is 2.88 bits per heavy atom. The van der Waals surface area contributed by atoms with E-state index in [1.807, 2.05) is 24.3 Å². The standard InChI is InChI=1S/C19H16N2O4/c1-24-19(23)13-5-2-4-12(10-13)18-20-15-11-14(7-8-16(15)25-18)21-9-3-6-17(21)22/h2,4-5,7-8,10-11H,3,6,9H2,1H3. The summed E-state index contributed by atoms with van der Waals surface area (Å²) in [6.07, 6.45) is 1.46. The first-order chi connectivity index (χ1) is 12.2. The molecule has 4 rings (SSSR count). The van der Waals surface area contributed by atoms with Gasteiger partial charge in [0.2, 0.25) is 11.8 Å². The topological polar surface area (TPSA) is 72.6 Å². The number of anilines is 1. The van der Waals surface area contributed by atoms with E-state index in [1.54, 1.807) is 23.1 Å². The summed E-state index contributed by atoms with van der Waals surface area (Å²) in [7, 11) is 1.34. The van der Waals surface area contributed by atoms with Crippen LogP contribution in [0.4, 0.5) is 5.69 Å². The van der Waals surface area contributed by atoms with Crippen LogP contribution in [0.3, 0.4) is 0 Å². The van der Waals surface area contributed by atoms with E-state index in [0.717, 1.165) is 18.7 Å². The third kappa shape index (κ3) is 2.76. The second-order valence-electron chi connectivity index (χ2n) is 5.89. The Hall–Kier alpha value is -3.15. The van der Waals surface area contributed by atoms with Gasteiger partial charge in [-0.2, -0.15) is 0 Å². The van der Waals surface area contributed by atoms with Crippen molar-refractivity contribution >= 4 is 28.7 Å². The SMILES string of the molecule is COC(=O)c1cccc(-c2nc3cc(N4CCCC4=O)ccc3o2)c1. The molecular formula is C19H16N2O4. The van der Waals surface area contributed by atoms with Crippen molar-refractivity contribution in [3.05, 3.63) is 48.0 Å². The minimum Gasteiger partial charge on any atom is -0.465 e. The lowest BCUT2D eigenvalue weighted by Crippen LogP contribution is -2.23. The maximum Gasteiger partial charge on any atom is 0.337 e. The smallest absolute Gasteiger partial charge is 0.337 e. The van der Waals surface area contributed by atoms with Crippen molar-refractivity contribution in [3.63, 3.8) is 0 Å². The van der Waals surface area contributed by atoms with E-state index < -0.39 is 5.97 Å². The van der Waals surface area contributed by atoms with Crippen molar-refractivity contribution in [1.82, 2.24) is 4.98 Å². The van der Waals surface area contributed by atoms with Gasteiger partial charge in [0.15, 0.2) is 5.58 Å². The Kier molecular flexibility index (Phi) is 3.72. The number of ether oxygens (including phenoxy) is 1. The van der Waals surface area contributed by atoms with Gasteiger partial charge in [-0.3, -0.25) is 4.79 Å². The lowest BCUT2D eigenvalue weighted by atomic mass is 10.1. The van der Waals surface area contributed by atoms with E-state index in [1.165, 1.54) is 7.11 Å². The molecule has 6 nitrogen and oxygen atoms in total. The molecule has 0 atom stereocenters. The number of carbonyl (C=O) groups excluding carboxylic acids is 2. The summed E-state index contributed by atoms with van der Waals surface area (Å²) in [5.41, 5.74) is 3.27. The molecular weight excluding hydrogens is 320 g/mol. The van der Waals surface area contributed by atoms with E-state index >= 15 is 0 Å². The summed E-state index contributed by atoms with van der Waals surface area (Å²) < 4.78 is 10.5. The average molecular weight is 336 g/mol. The number of amides is 1. The molecule has 3 aromatic rings. The number of aromatic nitrogens is 1.